The molecule has 1 heterocycles. The van der Waals surface area contributed by atoms with E-state index in [9.17, 15) is 4.79 Å². The molecule has 4 aromatic rings. The number of methoxy groups -OCH3 is 4. The van der Waals surface area contributed by atoms with Gasteiger partial charge in [0, 0.05) is 54.9 Å². The van der Waals surface area contributed by atoms with Crippen LogP contribution in [0.5, 0.6) is 28.7 Å². The Kier molecular flexibility index (Phi) is 11.8. The molecule has 1 aliphatic heterocycles. The van der Waals surface area contributed by atoms with Crippen molar-refractivity contribution in [1.82, 2.24) is 4.90 Å². The van der Waals surface area contributed by atoms with E-state index in [1.54, 1.807) is 28.4 Å². The number of anilines is 1. The van der Waals surface area contributed by atoms with Gasteiger partial charge in [-0.1, -0.05) is 48.5 Å². The Balaban J connectivity index is 1.25. The Bertz CT molecular complexity index is 1640. The van der Waals surface area contributed by atoms with E-state index in [2.05, 4.69) is 34.1 Å². The van der Waals surface area contributed by atoms with Gasteiger partial charge in [0.05, 0.1) is 52.0 Å². The number of rotatable bonds is 15. The lowest BCUT2D eigenvalue weighted by atomic mass is 10.1. The van der Waals surface area contributed by atoms with Gasteiger partial charge in [0.2, 0.25) is 0 Å². The second kappa shape index (κ2) is 16.2. The van der Waals surface area contributed by atoms with E-state index >= 15 is 0 Å². The van der Waals surface area contributed by atoms with Crippen LogP contribution in [0.4, 0.5) is 5.69 Å². The van der Waals surface area contributed by atoms with Crippen LogP contribution in [0.3, 0.4) is 0 Å². The molecule has 10 heteroatoms. The summed E-state index contributed by atoms with van der Waals surface area (Å²) in [4.78, 5) is 18.7. The Morgan fingerprint density at radius 3 is 2.08 bits per heavy atom. The zero-order chi connectivity index (χ0) is 34.1. The van der Waals surface area contributed by atoms with E-state index in [0.29, 0.717) is 23.7 Å². The molecule has 9 nitrogen and oxygen atoms in total. The summed E-state index contributed by atoms with van der Waals surface area (Å²) in [7, 11) is 6.51. The molecule has 0 radical (unpaired) electrons. The number of para-hydroxylation sites is 2. The van der Waals surface area contributed by atoms with E-state index < -0.39 is 4.75 Å². The first-order chi connectivity index (χ1) is 23.2. The highest BCUT2D eigenvalue weighted by atomic mass is 32.2. The molecule has 1 saturated heterocycles. The van der Waals surface area contributed by atoms with E-state index in [-0.39, 0.29) is 25.2 Å². The Morgan fingerprint density at radius 2 is 1.40 bits per heavy atom. The van der Waals surface area contributed by atoms with Gasteiger partial charge in [0.1, 0.15) is 28.7 Å². The summed E-state index contributed by atoms with van der Waals surface area (Å²) >= 11 is 1.51. The molecule has 1 aliphatic rings. The van der Waals surface area contributed by atoms with Crippen LogP contribution in [-0.4, -0.2) is 83.1 Å². The van der Waals surface area contributed by atoms with Gasteiger partial charge >= 0.3 is 5.97 Å². The molecule has 0 spiro atoms. The number of ether oxygens (including phenoxy) is 6. The first kappa shape index (κ1) is 35.0. The number of carbonyl (C=O) groups is 1. The topological polar surface area (TPSA) is 78.9 Å². The lowest BCUT2D eigenvalue weighted by Crippen LogP contribution is -2.52. The van der Waals surface area contributed by atoms with Crippen LogP contribution in [0, 0.1) is 0 Å². The van der Waals surface area contributed by atoms with Crippen LogP contribution in [0.25, 0.3) is 10.8 Å². The molecule has 1 atom stereocenters. The number of benzene rings is 4. The van der Waals surface area contributed by atoms with Gasteiger partial charge in [-0.2, -0.15) is 0 Å². The quantitative estimate of drug-likeness (QED) is 0.0947. The highest BCUT2D eigenvalue weighted by Gasteiger charge is 2.30. The van der Waals surface area contributed by atoms with E-state index in [4.69, 9.17) is 28.4 Å². The van der Waals surface area contributed by atoms with Crippen molar-refractivity contribution in [2.75, 3.05) is 66.1 Å². The maximum absolute atomic E-state index is 13.2. The van der Waals surface area contributed by atoms with Gasteiger partial charge in [-0.3, -0.25) is 9.69 Å². The highest BCUT2D eigenvalue weighted by Crippen LogP contribution is 2.47. The number of piperazine rings is 1. The summed E-state index contributed by atoms with van der Waals surface area (Å²) in [6.07, 6.45) is 0.443. The fraction of sp³-hybridized carbons (Fsp3) is 0.395. The fourth-order valence-corrected chi connectivity index (χ4v) is 7.19. The largest absolute Gasteiger partial charge is 0.496 e. The summed E-state index contributed by atoms with van der Waals surface area (Å²) < 4.78 is 34.4. The molecule has 5 rings (SSSR count). The van der Waals surface area contributed by atoms with Crippen molar-refractivity contribution in [2.45, 2.75) is 42.6 Å². The van der Waals surface area contributed by atoms with Gasteiger partial charge < -0.3 is 33.3 Å². The fourth-order valence-electron chi connectivity index (χ4n) is 5.96. The number of nitrogens with zero attached hydrogens (tertiary/aromatic N) is 2. The average Bonchev–Trinajstić information content (AvgIpc) is 3.11. The molecule has 0 bridgehead atoms. The van der Waals surface area contributed by atoms with E-state index in [0.717, 1.165) is 59.0 Å². The minimum absolute atomic E-state index is 0.197. The SMILES string of the molecule is COc1cc(OC)c(SC(C)(C)CC(=O)OCCC(Oc2cccc3ccccc23)N2CCN(c3ccccc3OC)CC2)c(OC)c1. The van der Waals surface area contributed by atoms with Crippen LogP contribution >= 0.6 is 11.8 Å². The molecule has 0 aromatic heterocycles. The van der Waals surface area contributed by atoms with Crippen LogP contribution in [0.2, 0.25) is 0 Å². The zero-order valence-electron chi connectivity index (χ0n) is 28.7. The lowest BCUT2D eigenvalue weighted by molar-refractivity contribution is -0.145. The van der Waals surface area contributed by atoms with Crippen LogP contribution in [-0.2, 0) is 9.53 Å². The number of carbonyl (C=O) groups excluding carboxylic acids is 1. The highest BCUT2D eigenvalue weighted by molar-refractivity contribution is 8.00. The second-order valence-electron chi connectivity index (χ2n) is 12.2. The smallest absolute Gasteiger partial charge is 0.307 e. The summed E-state index contributed by atoms with van der Waals surface area (Å²) in [5.41, 5.74) is 1.09. The molecule has 0 aliphatic carbocycles. The number of esters is 1. The minimum Gasteiger partial charge on any atom is -0.496 e. The molecule has 1 fully saturated rings. The summed E-state index contributed by atoms with van der Waals surface area (Å²) in [5.74, 6) is 3.28. The third-order valence-electron chi connectivity index (χ3n) is 8.41. The van der Waals surface area contributed by atoms with Crippen LogP contribution in [0.15, 0.2) is 83.8 Å². The molecular formula is C38H46N2O7S. The van der Waals surface area contributed by atoms with Crippen molar-refractivity contribution in [3.05, 3.63) is 78.9 Å². The van der Waals surface area contributed by atoms with Gasteiger partial charge in [0.25, 0.3) is 0 Å². The summed E-state index contributed by atoms with van der Waals surface area (Å²) in [5, 5.41) is 2.17. The van der Waals surface area contributed by atoms with Crippen molar-refractivity contribution in [2.24, 2.45) is 0 Å². The van der Waals surface area contributed by atoms with Gasteiger partial charge in [-0.15, -0.1) is 11.8 Å². The summed E-state index contributed by atoms with van der Waals surface area (Å²) in [6.45, 7) is 7.47. The number of hydrogen-bond acceptors (Lipinski definition) is 10. The normalized spacial score (nSPS) is 14.3. The van der Waals surface area contributed by atoms with Crippen molar-refractivity contribution in [3.63, 3.8) is 0 Å². The van der Waals surface area contributed by atoms with Crippen molar-refractivity contribution >= 4 is 34.2 Å². The van der Waals surface area contributed by atoms with Gasteiger partial charge in [-0.25, -0.2) is 0 Å². The lowest BCUT2D eigenvalue weighted by Gasteiger charge is -2.40. The molecule has 1 unspecified atom stereocenters. The van der Waals surface area contributed by atoms with Crippen LogP contribution in [0.1, 0.15) is 26.7 Å². The van der Waals surface area contributed by atoms with Crippen molar-refractivity contribution in [3.8, 4) is 28.7 Å². The third-order valence-corrected chi connectivity index (χ3v) is 9.71. The predicted octanol–water partition coefficient (Wildman–Crippen LogP) is 7.30. The molecule has 0 N–H and O–H groups in total. The van der Waals surface area contributed by atoms with Crippen LogP contribution < -0.4 is 28.6 Å². The first-order valence-electron chi connectivity index (χ1n) is 16.2. The molecular weight excluding hydrogens is 628 g/mol. The van der Waals surface area contributed by atoms with E-state index in [1.165, 1.54) is 11.8 Å². The standard InChI is InChI=1S/C38H46N2O7S/c1-38(2,48-37-33(44-5)24-28(42-3)25-34(37)45-6)26-36(41)46-23-18-35(47-31-17-11-13-27-12-7-8-14-29(27)31)40-21-19-39(20-22-40)30-15-9-10-16-32(30)43-4/h7-17,24-25,35H,18-23,26H2,1-6H3. The Hall–Kier alpha value is -4.28. The van der Waals surface area contributed by atoms with Crippen molar-refractivity contribution in [1.29, 1.82) is 0 Å². The Morgan fingerprint density at radius 1 is 0.771 bits per heavy atom. The maximum atomic E-state index is 13.2. The third kappa shape index (κ3) is 8.59. The number of fused-ring (bicyclic) bond motifs is 1. The first-order valence-corrected chi connectivity index (χ1v) is 17.0. The van der Waals surface area contributed by atoms with Crippen molar-refractivity contribution < 1.29 is 33.2 Å². The van der Waals surface area contributed by atoms with Gasteiger partial charge in [0.15, 0.2) is 6.23 Å². The molecule has 0 amide bonds. The zero-order valence-corrected chi connectivity index (χ0v) is 29.5. The number of thioether (sulfide) groups is 1. The monoisotopic (exact) mass is 674 g/mol. The predicted molar refractivity (Wildman–Crippen MR) is 191 cm³/mol. The number of hydrogen-bond donors (Lipinski definition) is 0. The van der Waals surface area contributed by atoms with Gasteiger partial charge in [-0.05, 0) is 37.4 Å². The molecule has 0 saturated carbocycles. The average molecular weight is 675 g/mol. The molecule has 4 aromatic carbocycles. The summed E-state index contributed by atoms with van der Waals surface area (Å²) in [6, 6.07) is 26.1. The van der Waals surface area contributed by atoms with E-state index in [1.807, 2.05) is 68.4 Å². The second-order valence-corrected chi connectivity index (χ2v) is 13.9. The molecule has 256 valence electrons. The minimum atomic E-state index is -0.500. The maximum Gasteiger partial charge on any atom is 0.307 e. The molecule has 48 heavy (non-hydrogen) atoms. The Labute approximate surface area is 288 Å².